The van der Waals surface area contributed by atoms with E-state index < -0.39 is 23.1 Å². The maximum atomic E-state index is 14.0. The van der Waals surface area contributed by atoms with Crippen LogP contribution in [0.15, 0.2) is 70.0 Å². The van der Waals surface area contributed by atoms with Crippen LogP contribution in [0, 0.1) is 3.57 Å². The van der Waals surface area contributed by atoms with Crippen molar-refractivity contribution in [2.24, 2.45) is 0 Å². The van der Waals surface area contributed by atoms with Crippen LogP contribution in [-0.4, -0.2) is 27.9 Å². The van der Waals surface area contributed by atoms with E-state index in [0.717, 1.165) is 66.1 Å². The normalized spacial score (nSPS) is 12.8. The fourth-order valence-corrected chi connectivity index (χ4v) is 6.57. The standard InChI is InChI=1S/C34H40F4INO3S/c1-4-7-9-11-12-24-18-27(20-28(19-24)44(42)17-16-34(37,38)33(35)36)30-23-40(43-6-3)22-29(32(30)41)26-15-14-25(31(39)21-26)13-10-8-5-2/h14-23,33H,4-13H2,1-3H3. The van der Waals surface area contributed by atoms with Gasteiger partial charge in [-0.15, -0.1) is 0 Å². The molecule has 0 bridgehead atoms. The summed E-state index contributed by atoms with van der Waals surface area (Å²) >= 11 is 2.29. The van der Waals surface area contributed by atoms with Gasteiger partial charge < -0.3 is 4.84 Å². The predicted octanol–water partition coefficient (Wildman–Crippen LogP) is 9.61. The smallest absolute Gasteiger partial charge is 0.326 e. The Balaban J connectivity index is 2.13. The van der Waals surface area contributed by atoms with Crippen LogP contribution in [0.4, 0.5) is 17.6 Å². The molecule has 1 atom stereocenters. The highest BCUT2D eigenvalue weighted by molar-refractivity contribution is 14.1. The molecule has 3 rings (SSSR count). The van der Waals surface area contributed by atoms with Gasteiger partial charge in [0, 0.05) is 25.0 Å². The largest absolute Gasteiger partial charge is 0.415 e. The molecule has 0 aliphatic heterocycles. The fourth-order valence-electron chi connectivity index (χ4n) is 4.81. The van der Waals surface area contributed by atoms with Crippen LogP contribution in [-0.2, 0) is 23.6 Å². The molecule has 2 aromatic carbocycles. The monoisotopic (exact) mass is 745 g/mol. The summed E-state index contributed by atoms with van der Waals surface area (Å²) < 4.78 is 68.1. The molecule has 0 amide bonds. The predicted molar refractivity (Wildman–Crippen MR) is 179 cm³/mol. The molecule has 1 heterocycles. The van der Waals surface area contributed by atoms with Gasteiger partial charge in [0.15, 0.2) is 5.43 Å². The van der Waals surface area contributed by atoms with Crippen molar-refractivity contribution in [1.29, 1.82) is 0 Å². The molecule has 0 aliphatic carbocycles. The van der Waals surface area contributed by atoms with E-state index in [4.69, 9.17) is 4.84 Å². The number of aromatic nitrogens is 1. The van der Waals surface area contributed by atoms with Gasteiger partial charge in [-0.05, 0) is 102 Å². The minimum Gasteiger partial charge on any atom is -0.415 e. The Morgan fingerprint density at radius 3 is 2.20 bits per heavy atom. The Kier molecular flexibility index (Phi) is 14.1. The van der Waals surface area contributed by atoms with Crippen molar-refractivity contribution >= 4 is 33.4 Å². The van der Waals surface area contributed by atoms with E-state index in [2.05, 4.69) is 36.4 Å². The Labute approximate surface area is 273 Å². The lowest BCUT2D eigenvalue weighted by Crippen LogP contribution is -2.23. The third-order valence-corrected chi connectivity index (χ3v) is 9.32. The number of allylic oxidation sites excluding steroid dienone is 1. The van der Waals surface area contributed by atoms with E-state index in [0.29, 0.717) is 29.6 Å². The van der Waals surface area contributed by atoms with Crippen molar-refractivity contribution in [2.45, 2.75) is 95.8 Å². The van der Waals surface area contributed by atoms with Gasteiger partial charge in [-0.2, -0.15) is 13.5 Å². The second kappa shape index (κ2) is 17.3. The molecule has 0 N–H and O–H groups in total. The summed E-state index contributed by atoms with van der Waals surface area (Å²) in [5.41, 5.74) is 3.60. The average molecular weight is 746 g/mol. The summed E-state index contributed by atoms with van der Waals surface area (Å²) in [5.74, 6) is -4.40. The van der Waals surface area contributed by atoms with Crippen LogP contribution in [0.1, 0.15) is 76.8 Å². The molecule has 0 aliphatic rings. The lowest BCUT2D eigenvalue weighted by Gasteiger charge is -2.15. The van der Waals surface area contributed by atoms with Crippen molar-refractivity contribution in [3.8, 4) is 22.3 Å². The number of benzene rings is 2. The summed E-state index contributed by atoms with van der Waals surface area (Å²) in [6.07, 6.45) is 8.11. The molecule has 0 saturated carbocycles. The second-order valence-corrected chi connectivity index (χ2v) is 13.2. The minimum atomic E-state index is -4.40. The summed E-state index contributed by atoms with van der Waals surface area (Å²) in [5, 5.41) is 0.588. The topological polar surface area (TPSA) is 48.3 Å². The third-order valence-electron chi connectivity index (χ3n) is 7.23. The molecule has 10 heteroatoms. The third kappa shape index (κ3) is 10.0. The van der Waals surface area contributed by atoms with Crippen LogP contribution < -0.4 is 10.3 Å². The number of nitrogens with zero attached hydrogens (tertiary/aromatic N) is 1. The first-order valence-corrected chi connectivity index (χ1v) is 17.4. The zero-order valence-corrected chi connectivity index (χ0v) is 28.4. The highest BCUT2D eigenvalue weighted by atomic mass is 127. The van der Waals surface area contributed by atoms with Gasteiger partial charge in [0.05, 0.1) is 23.2 Å². The quantitative estimate of drug-likeness (QED) is 0.0786. The molecule has 240 valence electrons. The van der Waals surface area contributed by atoms with Gasteiger partial charge in [0.1, 0.15) is 6.61 Å². The molecule has 3 aromatic rings. The molecular weight excluding hydrogens is 705 g/mol. The number of rotatable bonds is 17. The van der Waals surface area contributed by atoms with Crippen molar-refractivity contribution in [3.05, 3.63) is 85.2 Å². The number of hydrogen-bond acceptors (Lipinski definition) is 3. The maximum absolute atomic E-state index is 14.0. The SMILES string of the molecule is CCCCCCc1cc(-c2cn(OCC)cc(-c3ccc(CCCCC)c(I)c3)c2=O)cc(S(=O)C=CC(F)(F)C(F)F)c1. The number of halogens is 5. The van der Waals surface area contributed by atoms with E-state index in [1.54, 1.807) is 18.5 Å². The second-order valence-electron chi connectivity index (χ2n) is 10.7. The first-order chi connectivity index (χ1) is 21.0. The summed E-state index contributed by atoms with van der Waals surface area (Å²) in [4.78, 5) is 19.9. The van der Waals surface area contributed by atoms with E-state index in [1.165, 1.54) is 16.4 Å². The zero-order valence-electron chi connectivity index (χ0n) is 25.4. The summed E-state index contributed by atoms with van der Waals surface area (Å²) in [6, 6.07) is 10.9. The van der Waals surface area contributed by atoms with Crippen LogP contribution >= 0.6 is 22.6 Å². The Bertz CT molecular complexity index is 1510. The first-order valence-electron chi connectivity index (χ1n) is 15.1. The Hall–Kier alpha value is -2.47. The highest BCUT2D eigenvalue weighted by Gasteiger charge is 2.37. The molecule has 0 radical (unpaired) electrons. The van der Waals surface area contributed by atoms with Crippen LogP contribution in [0.2, 0.25) is 0 Å². The van der Waals surface area contributed by atoms with E-state index in [9.17, 15) is 26.6 Å². The van der Waals surface area contributed by atoms with Gasteiger partial charge in [0.25, 0.3) is 0 Å². The molecule has 1 unspecified atom stereocenters. The molecule has 44 heavy (non-hydrogen) atoms. The van der Waals surface area contributed by atoms with Gasteiger partial charge in [-0.1, -0.05) is 64.2 Å². The fraction of sp³-hybridized carbons (Fsp3) is 0.441. The molecular formula is C34H40F4INO3S. The lowest BCUT2D eigenvalue weighted by atomic mass is 9.97. The summed E-state index contributed by atoms with van der Waals surface area (Å²) in [7, 11) is -2.15. The number of pyridine rings is 1. The maximum Gasteiger partial charge on any atom is 0.326 e. The van der Waals surface area contributed by atoms with Crippen LogP contribution in [0.5, 0.6) is 0 Å². The van der Waals surface area contributed by atoms with E-state index in [1.807, 2.05) is 31.2 Å². The van der Waals surface area contributed by atoms with Gasteiger partial charge in [-0.25, -0.2) is 13.0 Å². The average Bonchev–Trinajstić information content (AvgIpc) is 2.99. The van der Waals surface area contributed by atoms with E-state index in [-0.39, 0.29) is 22.0 Å². The van der Waals surface area contributed by atoms with Crippen LogP contribution in [0.3, 0.4) is 0 Å². The van der Waals surface area contributed by atoms with Crippen molar-refractivity contribution in [1.82, 2.24) is 4.73 Å². The van der Waals surface area contributed by atoms with E-state index >= 15 is 0 Å². The lowest BCUT2D eigenvalue weighted by molar-refractivity contribution is -0.0905. The number of hydrogen-bond donors (Lipinski definition) is 0. The zero-order chi connectivity index (χ0) is 32.3. The van der Waals surface area contributed by atoms with Gasteiger partial charge in [0.2, 0.25) is 0 Å². The molecule has 0 fully saturated rings. The number of unbranched alkanes of at least 4 members (excludes halogenated alkanes) is 5. The first kappa shape index (κ1) is 36.0. The van der Waals surface area contributed by atoms with Crippen molar-refractivity contribution in [2.75, 3.05) is 6.61 Å². The molecule has 0 spiro atoms. The Morgan fingerprint density at radius 1 is 0.909 bits per heavy atom. The van der Waals surface area contributed by atoms with Crippen molar-refractivity contribution < 1.29 is 26.6 Å². The number of aryl methyl sites for hydroxylation is 2. The van der Waals surface area contributed by atoms with Crippen LogP contribution in [0.25, 0.3) is 22.3 Å². The number of alkyl halides is 4. The summed E-state index contributed by atoms with van der Waals surface area (Å²) in [6.45, 7) is 6.42. The van der Waals surface area contributed by atoms with Crippen molar-refractivity contribution in [3.63, 3.8) is 0 Å². The molecule has 0 saturated heterocycles. The molecule has 4 nitrogen and oxygen atoms in total. The van der Waals surface area contributed by atoms with Gasteiger partial charge in [-0.3, -0.25) is 4.79 Å². The Morgan fingerprint density at radius 2 is 1.57 bits per heavy atom. The minimum absolute atomic E-state index is 0.0163. The molecule has 1 aromatic heterocycles. The highest BCUT2D eigenvalue weighted by Crippen LogP contribution is 2.29. The van der Waals surface area contributed by atoms with Gasteiger partial charge >= 0.3 is 12.3 Å².